The van der Waals surface area contributed by atoms with E-state index in [9.17, 15) is 0 Å². The molecule has 0 aliphatic rings. The van der Waals surface area contributed by atoms with Gasteiger partial charge in [0.2, 0.25) is 0 Å². The second kappa shape index (κ2) is 9.75. The molecule has 5 heteroatoms. The topological polar surface area (TPSA) is 65.0 Å². The van der Waals surface area contributed by atoms with Crippen LogP contribution in [0.25, 0.3) is 89.2 Å². The number of benzene rings is 6. The van der Waals surface area contributed by atoms with E-state index in [1.165, 1.54) is 0 Å². The summed E-state index contributed by atoms with van der Waals surface area (Å²) in [5, 5.41) is 4.39. The van der Waals surface area contributed by atoms with Crippen LogP contribution in [0.4, 0.5) is 0 Å². The van der Waals surface area contributed by atoms with Crippen LogP contribution < -0.4 is 0 Å². The zero-order valence-electron chi connectivity index (χ0n) is 23.4. The van der Waals surface area contributed by atoms with Crippen LogP contribution in [0, 0.1) is 0 Å². The summed E-state index contributed by atoms with van der Waals surface area (Å²) in [7, 11) is 0. The van der Waals surface area contributed by atoms with E-state index in [0.29, 0.717) is 17.5 Å². The molecular formula is C39H23N3O2. The van der Waals surface area contributed by atoms with Crippen molar-refractivity contribution in [3.05, 3.63) is 140 Å². The molecule has 0 spiro atoms. The summed E-state index contributed by atoms with van der Waals surface area (Å²) in [5.74, 6) is 1.83. The first-order valence-corrected chi connectivity index (χ1v) is 14.5. The first kappa shape index (κ1) is 24.5. The lowest BCUT2D eigenvalue weighted by Gasteiger charge is -2.09. The number of furan rings is 2. The second-order valence-electron chi connectivity index (χ2n) is 10.9. The lowest BCUT2D eigenvalue weighted by molar-refractivity contribution is 0.668. The van der Waals surface area contributed by atoms with Crippen molar-refractivity contribution in [3.8, 4) is 45.3 Å². The monoisotopic (exact) mass is 565 g/mol. The Hall–Kier alpha value is -6.07. The van der Waals surface area contributed by atoms with Crippen LogP contribution in [-0.4, -0.2) is 15.0 Å². The molecule has 0 saturated carbocycles. The minimum Gasteiger partial charge on any atom is -0.456 e. The van der Waals surface area contributed by atoms with Gasteiger partial charge in [-0.2, -0.15) is 0 Å². The Morgan fingerprint density at radius 2 is 0.773 bits per heavy atom. The molecule has 0 radical (unpaired) electrons. The third-order valence-corrected chi connectivity index (χ3v) is 8.16. The van der Waals surface area contributed by atoms with E-state index in [4.69, 9.17) is 23.8 Å². The van der Waals surface area contributed by atoms with E-state index in [1.54, 1.807) is 0 Å². The van der Waals surface area contributed by atoms with Gasteiger partial charge in [-0.15, -0.1) is 0 Å². The van der Waals surface area contributed by atoms with E-state index in [0.717, 1.165) is 71.7 Å². The second-order valence-corrected chi connectivity index (χ2v) is 10.9. The van der Waals surface area contributed by atoms with E-state index in [2.05, 4.69) is 60.7 Å². The molecule has 0 aliphatic carbocycles. The summed E-state index contributed by atoms with van der Waals surface area (Å²) in [6, 6.07) is 47.1. The number of aromatic nitrogens is 3. The quantitative estimate of drug-likeness (QED) is 0.212. The summed E-state index contributed by atoms with van der Waals surface area (Å²) >= 11 is 0. The van der Waals surface area contributed by atoms with Crippen molar-refractivity contribution in [2.45, 2.75) is 0 Å². The minimum atomic E-state index is 0.595. The van der Waals surface area contributed by atoms with Crippen molar-refractivity contribution in [1.82, 2.24) is 15.0 Å². The average Bonchev–Trinajstić information content (AvgIpc) is 3.66. The molecule has 3 aromatic heterocycles. The summed E-state index contributed by atoms with van der Waals surface area (Å²) in [5.41, 5.74) is 8.39. The molecule has 0 aliphatic heterocycles. The first-order valence-electron chi connectivity index (χ1n) is 14.5. The number of hydrogen-bond donors (Lipinski definition) is 0. The van der Waals surface area contributed by atoms with Gasteiger partial charge in [0.25, 0.3) is 0 Å². The highest BCUT2D eigenvalue weighted by atomic mass is 16.3. The molecule has 0 atom stereocenters. The van der Waals surface area contributed by atoms with E-state index >= 15 is 0 Å². The fraction of sp³-hybridized carbons (Fsp3) is 0. The molecule has 0 saturated heterocycles. The van der Waals surface area contributed by atoms with Gasteiger partial charge in [-0.3, -0.25) is 0 Å². The van der Waals surface area contributed by atoms with Crippen LogP contribution in [0.5, 0.6) is 0 Å². The van der Waals surface area contributed by atoms with Crippen LogP contribution in [0.1, 0.15) is 0 Å². The molecule has 0 fully saturated rings. The lowest BCUT2D eigenvalue weighted by atomic mass is 10.0. The first-order chi connectivity index (χ1) is 21.8. The molecule has 9 aromatic rings. The molecule has 6 aromatic carbocycles. The molecule has 0 N–H and O–H groups in total. The maximum Gasteiger partial charge on any atom is 0.164 e. The summed E-state index contributed by atoms with van der Waals surface area (Å²) < 4.78 is 12.2. The Morgan fingerprint density at radius 3 is 1.50 bits per heavy atom. The Morgan fingerprint density at radius 1 is 0.295 bits per heavy atom. The average molecular weight is 566 g/mol. The van der Waals surface area contributed by atoms with Gasteiger partial charge in [-0.1, -0.05) is 103 Å². The predicted molar refractivity (Wildman–Crippen MR) is 176 cm³/mol. The Kier molecular flexibility index (Phi) is 5.43. The van der Waals surface area contributed by atoms with Crippen molar-refractivity contribution < 1.29 is 8.83 Å². The van der Waals surface area contributed by atoms with Crippen LogP contribution in [0.2, 0.25) is 0 Å². The van der Waals surface area contributed by atoms with Crippen molar-refractivity contribution in [3.63, 3.8) is 0 Å². The maximum absolute atomic E-state index is 6.17. The number of para-hydroxylation sites is 2. The summed E-state index contributed by atoms with van der Waals surface area (Å²) in [6.07, 6.45) is 0. The lowest BCUT2D eigenvalue weighted by Crippen LogP contribution is -2.00. The highest BCUT2D eigenvalue weighted by Crippen LogP contribution is 2.34. The molecular weight excluding hydrogens is 542 g/mol. The Balaban J connectivity index is 1.14. The largest absolute Gasteiger partial charge is 0.456 e. The van der Waals surface area contributed by atoms with E-state index in [1.807, 2.05) is 78.9 Å². The molecule has 9 rings (SSSR count). The Bertz CT molecular complexity index is 2490. The zero-order chi connectivity index (χ0) is 29.0. The van der Waals surface area contributed by atoms with Gasteiger partial charge < -0.3 is 8.83 Å². The highest BCUT2D eigenvalue weighted by Gasteiger charge is 2.15. The van der Waals surface area contributed by atoms with Gasteiger partial charge in [0.05, 0.1) is 0 Å². The fourth-order valence-corrected chi connectivity index (χ4v) is 5.93. The zero-order valence-corrected chi connectivity index (χ0v) is 23.4. The van der Waals surface area contributed by atoms with E-state index in [-0.39, 0.29) is 0 Å². The molecule has 5 nitrogen and oxygen atoms in total. The van der Waals surface area contributed by atoms with Crippen LogP contribution in [-0.2, 0) is 0 Å². The number of rotatable bonds is 4. The normalized spacial score (nSPS) is 11.6. The number of hydrogen-bond acceptors (Lipinski definition) is 5. The van der Waals surface area contributed by atoms with Gasteiger partial charge >= 0.3 is 0 Å². The van der Waals surface area contributed by atoms with Gasteiger partial charge in [0, 0.05) is 38.2 Å². The maximum atomic E-state index is 6.17. The van der Waals surface area contributed by atoms with Crippen molar-refractivity contribution >= 4 is 43.9 Å². The molecule has 0 unspecified atom stereocenters. The number of fused-ring (bicyclic) bond motifs is 6. The van der Waals surface area contributed by atoms with Crippen LogP contribution in [0.15, 0.2) is 148 Å². The van der Waals surface area contributed by atoms with Crippen molar-refractivity contribution in [1.29, 1.82) is 0 Å². The Labute approximate surface area is 252 Å². The third-order valence-electron chi connectivity index (χ3n) is 8.16. The van der Waals surface area contributed by atoms with Gasteiger partial charge in [0.1, 0.15) is 22.3 Å². The summed E-state index contributed by atoms with van der Waals surface area (Å²) in [4.78, 5) is 14.8. The van der Waals surface area contributed by atoms with Crippen molar-refractivity contribution in [2.75, 3.05) is 0 Å². The minimum absolute atomic E-state index is 0.595. The standard InChI is InChI=1S/C39H23N3O2/c1-2-8-25(9-3-1)37-40-38(42-39(41-37)28-18-20-31-29-10-4-6-12-33(29)44-36(31)23-28)26-16-14-24(15-17-26)27-19-21-35-32(22-27)30-11-5-7-13-34(30)43-35/h1-23H. The van der Waals surface area contributed by atoms with Crippen LogP contribution >= 0.6 is 0 Å². The van der Waals surface area contributed by atoms with Crippen LogP contribution in [0.3, 0.4) is 0 Å². The SMILES string of the molecule is c1ccc(-c2nc(-c3ccc(-c4ccc5oc6ccccc6c5c4)cc3)nc(-c3ccc4c(c3)oc3ccccc34)n2)cc1. The number of nitrogens with zero attached hydrogens (tertiary/aromatic N) is 3. The molecule has 206 valence electrons. The third kappa shape index (κ3) is 4.06. The predicted octanol–water partition coefficient (Wildman–Crippen LogP) is 10.3. The fourth-order valence-electron chi connectivity index (χ4n) is 5.93. The summed E-state index contributed by atoms with van der Waals surface area (Å²) in [6.45, 7) is 0. The molecule has 0 bridgehead atoms. The van der Waals surface area contributed by atoms with Crippen molar-refractivity contribution in [2.24, 2.45) is 0 Å². The molecule has 3 heterocycles. The smallest absolute Gasteiger partial charge is 0.164 e. The molecule has 44 heavy (non-hydrogen) atoms. The molecule has 0 amide bonds. The van der Waals surface area contributed by atoms with Gasteiger partial charge in [-0.25, -0.2) is 15.0 Å². The van der Waals surface area contributed by atoms with E-state index < -0.39 is 0 Å². The highest BCUT2D eigenvalue weighted by molar-refractivity contribution is 6.07. The van der Waals surface area contributed by atoms with Gasteiger partial charge in [0.15, 0.2) is 17.5 Å². The van der Waals surface area contributed by atoms with Gasteiger partial charge in [-0.05, 0) is 47.5 Å².